The van der Waals surface area contributed by atoms with Gasteiger partial charge in [0, 0.05) is 33.5 Å². The van der Waals surface area contributed by atoms with E-state index in [2.05, 4.69) is 197 Å². The zero-order valence-electron chi connectivity index (χ0n) is 26.7. The Morgan fingerprint density at radius 3 is 1.69 bits per heavy atom. The molecule has 0 aliphatic heterocycles. The summed E-state index contributed by atoms with van der Waals surface area (Å²) in [5.74, 6) is 0.930. The van der Waals surface area contributed by atoms with Crippen LogP contribution in [0.4, 0.5) is 0 Å². The van der Waals surface area contributed by atoms with Gasteiger partial charge in [0.1, 0.15) is 5.82 Å². The quantitative estimate of drug-likeness (QED) is 0.187. The second-order valence-electron chi connectivity index (χ2n) is 12.7. The number of hydrogen-bond donors (Lipinski definition) is 0. The lowest BCUT2D eigenvalue weighted by Crippen LogP contribution is -2.28. The number of hydrogen-bond acceptors (Lipinski definition) is 1. The number of aromatic nitrogens is 3. The molecule has 0 amide bonds. The van der Waals surface area contributed by atoms with Gasteiger partial charge in [-0.25, -0.2) is 4.98 Å². The first-order chi connectivity index (χ1) is 24.3. The molecular formula is C46H31N3. The summed E-state index contributed by atoms with van der Waals surface area (Å²) in [7, 11) is 0. The molecule has 0 fully saturated rings. The average Bonchev–Trinajstić information content (AvgIpc) is 3.83. The van der Waals surface area contributed by atoms with Crippen LogP contribution in [-0.4, -0.2) is 14.1 Å². The summed E-state index contributed by atoms with van der Waals surface area (Å²) in [6.07, 6.45) is 0. The maximum absolute atomic E-state index is 5.13. The van der Waals surface area contributed by atoms with Crippen LogP contribution >= 0.6 is 0 Å². The number of benzene rings is 7. The summed E-state index contributed by atoms with van der Waals surface area (Å²) < 4.78 is 4.73. The minimum atomic E-state index is -0.472. The van der Waals surface area contributed by atoms with Crippen LogP contribution in [0.25, 0.3) is 56.0 Å². The van der Waals surface area contributed by atoms with Crippen molar-refractivity contribution in [1.29, 1.82) is 0 Å². The first kappa shape index (κ1) is 27.6. The largest absolute Gasteiger partial charge is 0.309 e. The van der Waals surface area contributed by atoms with E-state index >= 15 is 0 Å². The van der Waals surface area contributed by atoms with Gasteiger partial charge in [-0.15, -0.1) is 0 Å². The third-order valence-corrected chi connectivity index (χ3v) is 10.2. The highest BCUT2D eigenvalue weighted by atomic mass is 15.1. The number of nitrogens with zero attached hydrogens (tertiary/aromatic N) is 3. The highest BCUT2D eigenvalue weighted by molar-refractivity contribution is 6.02. The normalized spacial score (nSPS) is 13.1. The Bertz CT molecular complexity index is 2590. The molecule has 9 aromatic rings. The van der Waals surface area contributed by atoms with E-state index in [1.807, 2.05) is 0 Å². The molecule has 2 heterocycles. The van der Waals surface area contributed by atoms with E-state index in [1.165, 1.54) is 44.4 Å². The molecule has 0 saturated heterocycles. The summed E-state index contributed by atoms with van der Waals surface area (Å²) in [5, 5.41) is 1.26. The predicted octanol–water partition coefficient (Wildman–Crippen LogP) is 11.0. The number of rotatable bonds is 5. The Hall–Kier alpha value is -6.45. The van der Waals surface area contributed by atoms with Crippen LogP contribution in [0.1, 0.15) is 22.3 Å². The summed E-state index contributed by atoms with van der Waals surface area (Å²) in [5.41, 5.74) is 13.8. The zero-order chi connectivity index (χ0) is 32.4. The summed E-state index contributed by atoms with van der Waals surface area (Å²) in [4.78, 5) is 5.13. The van der Waals surface area contributed by atoms with Crippen LogP contribution < -0.4 is 0 Å². The maximum atomic E-state index is 5.13. The molecule has 0 saturated carbocycles. The first-order valence-corrected chi connectivity index (χ1v) is 16.8. The van der Waals surface area contributed by atoms with Crippen molar-refractivity contribution >= 4 is 21.9 Å². The molecule has 0 spiro atoms. The van der Waals surface area contributed by atoms with Crippen molar-refractivity contribution in [3.63, 3.8) is 0 Å². The van der Waals surface area contributed by atoms with Crippen LogP contribution in [-0.2, 0) is 5.41 Å². The van der Waals surface area contributed by atoms with Crippen molar-refractivity contribution in [2.75, 3.05) is 0 Å². The van der Waals surface area contributed by atoms with E-state index in [4.69, 9.17) is 4.98 Å². The van der Waals surface area contributed by atoms with Crippen molar-refractivity contribution in [3.8, 4) is 34.0 Å². The Morgan fingerprint density at radius 1 is 0.429 bits per heavy atom. The van der Waals surface area contributed by atoms with Gasteiger partial charge in [-0.05, 0) is 71.3 Å². The monoisotopic (exact) mass is 625 g/mol. The fraction of sp³-hybridized carbons (Fsp3) is 0.0217. The molecular weight excluding hydrogens is 595 g/mol. The molecule has 0 N–H and O–H groups in total. The minimum Gasteiger partial charge on any atom is -0.309 e. The third kappa shape index (κ3) is 3.93. The Labute approximate surface area is 285 Å². The molecule has 230 valence electrons. The maximum Gasteiger partial charge on any atom is 0.145 e. The molecule has 49 heavy (non-hydrogen) atoms. The zero-order valence-corrected chi connectivity index (χ0v) is 26.7. The smallest absolute Gasteiger partial charge is 0.145 e. The Balaban J connectivity index is 1.23. The van der Waals surface area contributed by atoms with E-state index in [1.54, 1.807) is 0 Å². The van der Waals surface area contributed by atoms with Crippen molar-refractivity contribution in [1.82, 2.24) is 14.1 Å². The van der Waals surface area contributed by atoms with Crippen LogP contribution in [0.2, 0.25) is 0 Å². The second kappa shape index (κ2) is 10.8. The van der Waals surface area contributed by atoms with Crippen molar-refractivity contribution in [2.24, 2.45) is 0 Å². The van der Waals surface area contributed by atoms with Gasteiger partial charge in [-0.3, -0.25) is 4.57 Å². The fourth-order valence-corrected chi connectivity index (χ4v) is 8.25. The number of para-hydroxylation sites is 4. The molecule has 10 rings (SSSR count). The van der Waals surface area contributed by atoms with Gasteiger partial charge in [0.25, 0.3) is 0 Å². The molecule has 1 aliphatic rings. The van der Waals surface area contributed by atoms with E-state index in [9.17, 15) is 0 Å². The van der Waals surface area contributed by atoms with Crippen molar-refractivity contribution in [2.45, 2.75) is 5.41 Å². The van der Waals surface area contributed by atoms with Gasteiger partial charge >= 0.3 is 0 Å². The van der Waals surface area contributed by atoms with Crippen LogP contribution in [0.15, 0.2) is 188 Å². The molecule has 0 unspecified atom stereocenters. The van der Waals surface area contributed by atoms with Gasteiger partial charge in [0.15, 0.2) is 0 Å². The van der Waals surface area contributed by atoms with Crippen molar-refractivity contribution < 1.29 is 0 Å². The molecule has 0 atom stereocenters. The molecule has 2 aromatic heterocycles. The van der Waals surface area contributed by atoms with Crippen LogP contribution in [0, 0.1) is 0 Å². The number of imidazole rings is 1. The molecule has 3 heteroatoms. The Morgan fingerprint density at radius 2 is 0.980 bits per heavy atom. The van der Waals surface area contributed by atoms with Gasteiger partial charge in [0.2, 0.25) is 0 Å². The summed E-state index contributed by atoms with van der Waals surface area (Å²) in [6, 6.07) is 67.8. The second-order valence-corrected chi connectivity index (χ2v) is 12.7. The van der Waals surface area contributed by atoms with E-state index in [0.717, 1.165) is 33.8 Å². The predicted molar refractivity (Wildman–Crippen MR) is 201 cm³/mol. The minimum absolute atomic E-state index is 0.472. The SMILES string of the molecule is c1ccc(-n2c(-c3ccc(-n4c5c(c6ccccc64)C(c4ccccc4)(c4ccccc4)c4ccccc4-5)cc3)nc3ccccc32)cc1. The first-order valence-electron chi connectivity index (χ1n) is 16.8. The summed E-state index contributed by atoms with van der Waals surface area (Å²) in [6.45, 7) is 0. The molecule has 1 aliphatic carbocycles. The van der Waals surface area contributed by atoms with Crippen LogP contribution in [0.3, 0.4) is 0 Å². The molecule has 0 radical (unpaired) electrons. The molecule has 3 nitrogen and oxygen atoms in total. The van der Waals surface area contributed by atoms with Gasteiger partial charge in [0.05, 0.1) is 27.7 Å². The van der Waals surface area contributed by atoms with E-state index < -0.39 is 5.41 Å². The highest BCUT2D eigenvalue weighted by Gasteiger charge is 2.49. The van der Waals surface area contributed by atoms with Crippen LogP contribution in [0.5, 0.6) is 0 Å². The number of fused-ring (bicyclic) bond motifs is 6. The molecule has 0 bridgehead atoms. The lowest BCUT2D eigenvalue weighted by Gasteiger charge is -2.33. The fourth-order valence-electron chi connectivity index (χ4n) is 8.25. The third-order valence-electron chi connectivity index (χ3n) is 10.2. The molecule has 7 aromatic carbocycles. The highest BCUT2D eigenvalue weighted by Crippen LogP contribution is 2.59. The van der Waals surface area contributed by atoms with Crippen molar-refractivity contribution in [3.05, 3.63) is 210 Å². The van der Waals surface area contributed by atoms with Gasteiger partial charge < -0.3 is 4.57 Å². The lowest BCUT2D eigenvalue weighted by molar-refractivity contribution is 0.775. The topological polar surface area (TPSA) is 22.8 Å². The average molecular weight is 626 g/mol. The van der Waals surface area contributed by atoms with Gasteiger partial charge in [-0.2, -0.15) is 0 Å². The Kier molecular flexibility index (Phi) is 6.09. The standard InChI is InChI=1S/C46H31N3/c1-4-16-33(17-5-1)46(34-18-6-2-7-19-34)39-24-12-10-22-37(39)44-43(46)38-23-11-14-26-41(38)48(44)36-30-28-32(29-31-36)45-47-40-25-13-15-27-42(40)49(45)35-20-8-3-9-21-35/h1-31H. The van der Waals surface area contributed by atoms with E-state index in [-0.39, 0.29) is 0 Å². The van der Waals surface area contributed by atoms with Gasteiger partial charge in [-0.1, -0.05) is 133 Å². The van der Waals surface area contributed by atoms with E-state index in [0.29, 0.717) is 0 Å². The summed E-state index contributed by atoms with van der Waals surface area (Å²) >= 11 is 0. The lowest BCUT2D eigenvalue weighted by atomic mass is 9.67.